The summed E-state index contributed by atoms with van der Waals surface area (Å²) in [6.45, 7) is 3.92. The van der Waals surface area contributed by atoms with Crippen LogP contribution in [0.3, 0.4) is 0 Å². The molecule has 160 valence electrons. The number of fused-ring (bicyclic) bond motifs is 1. The van der Waals surface area contributed by atoms with Gasteiger partial charge in [0.1, 0.15) is 5.82 Å². The molecule has 0 saturated heterocycles. The third kappa shape index (κ3) is 5.78. The van der Waals surface area contributed by atoms with Gasteiger partial charge in [-0.3, -0.25) is 14.5 Å². The van der Waals surface area contributed by atoms with Crippen LogP contribution < -0.4 is 10.6 Å². The number of benzene rings is 2. The number of carbonyl (C=O) groups is 2. The maximum Gasteiger partial charge on any atom is 0.261 e. The second kappa shape index (κ2) is 11.6. The molecule has 30 heavy (non-hydrogen) atoms. The summed E-state index contributed by atoms with van der Waals surface area (Å²) in [6, 6.07) is 13.5. The van der Waals surface area contributed by atoms with E-state index >= 15 is 0 Å². The number of guanidine groups is 1. The van der Waals surface area contributed by atoms with E-state index in [0.717, 1.165) is 6.42 Å². The minimum atomic E-state index is -0.270. The van der Waals surface area contributed by atoms with E-state index in [1.807, 2.05) is 6.92 Å². The molecule has 1 aliphatic rings. The molecule has 2 aromatic rings. The zero-order valence-electron chi connectivity index (χ0n) is 16.9. The molecule has 2 amide bonds. The van der Waals surface area contributed by atoms with E-state index in [1.54, 1.807) is 42.5 Å². The first kappa shape index (κ1) is 23.8. The summed E-state index contributed by atoms with van der Waals surface area (Å²) < 4.78 is 13.7. The Bertz CT molecular complexity index is 885. The minimum Gasteiger partial charge on any atom is -0.357 e. The van der Waals surface area contributed by atoms with Crippen molar-refractivity contribution in [1.29, 1.82) is 0 Å². The Morgan fingerprint density at radius 2 is 1.60 bits per heavy atom. The van der Waals surface area contributed by atoms with E-state index < -0.39 is 0 Å². The van der Waals surface area contributed by atoms with Gasteiger partial charge in [-0.25, -0.2) is 9.38 Å². The zero-order valence-corrected chi connectivity index (χ0v) is 19.2. The molecule has 6 nitrogen and oxygen atoms in total. The fourth-order valence-corrected chi connectivity index (χ4v) is 3.18. The second-order valence-corrected chi connectivity index (χ2v) is 6.73. The average molecular weight is 524 g/mol. The summed E-state index contributed by atoms with van der Waals surface area (Å²) in [6.07, 6.45) is 1.45. The molecule has 0 saturated carbocycles. The van der Waals surface area contributed by atoms with Gasteiger partial charge in [-0.1, -0.05) is 30.3 Å². The molecule has 0 unspecified atom stereocenters. The molecule has 2 aromatic carbocycles. The maximum absolute atomic E-state index is 13.7. The molecular weight excluding hydrogens is 498 g/mol. The Morgan fingerprint density at radius 1 is 0.967 bits per heavy atom. The summed E-state index contributed by atoms with van der Waals surface area (Å²) in [5.41, 5.74) is 1.49. The summed E-state index contributed by atoms with van der Waals surface area (Å²) in [4.78, 5) is 30.4. The zero-order chi connectivity index (χ0) is 20.6. The number of carbonyl (C=O) groups excluding carboxylic acids is 2. The van der Waals surface area contributed by atoms with Crippen molar-refractivity contribution in [3.63, 3.8) is 0 Å². The van der Waals surface area contributed by atoms with E-state index in [-0.39, 0.29) is 48.2 Å². The molecule has 0 radical (unpaired) electrons. The number of halogens is 2. The first-order chi connectivity index (χ1) is 14.1. The third-order valence-electron chi connectivity index (χ3n) is 4.69. The highest BCUT2D eigenvalue weighted by Crippen LogP contribution is 2.22. The fourth-order valence-electron chi connectivity index (χ4n) is 3.18. The van der Waals surface area contributed by atoms with Crippen molar-refractivity contribution < 1.29 is 14.0 Å². The van der Waals surface area contributed by atoms with Crippen molar-refractivity contribution in [3.8, 4) is 0 Å². The number of hydrogen-bond donors (Lipinski definition) is 2. The van der Waals surface area contributed by atoms with Gasteiger partial charge in [0, 0.05) is 25.2 Å². The van der Waals surface area contributed by atoms with Gasteiger partial charge in [0.05, 0.1) is 17.7 Å². The molecule has 0 spiro atoms. The highest BCUT2D eigenvalue weighted by molar-refractivity contribution is 14.0. The Labute approximate surface area is 193 Å². The SMILES string of the molecule is CCNC(=NCc1ccccc1F)NCCCCN1C(=O)c2ccccc2C1=O.I. The van der Waals surface area contributed by atoms with Crippen molar-refractivity contribution in [2.75, 3.05) is 19.6 Å². The summed E-state index contributed by atoms with van der Waals surface area (Å²) >= 11 is 0. The summed E-state index contributed by atoms with van der Waals surface area (Å²) in [5, 5.41) is 6.33. The average Bonchev–Trinajstić information content (AvgIpc) is 2.97. The molecule has 0 bridgehead atoms. The number of nitrogens with one attached hydrogen (secondary N) is 2. The Hall–Kier alpha value is -2.49. The van der Waals surface area contributed by atoms with Crippen LogP contribution in [0.2, 0.25) is 0 Å². The Morgan fingerprint density at radius 3 is 2.23 bits per heavy atom. The van der Waals surface area contributed by atoms with Crippen LogP contribution >= 0.6 is 24.0 Å². The van der Waals surface area contributed by atoms with Gasteiger partial charge in [0.2, 0.25) is 0 Å². The number of nitrogens with zero attached hydrogens (tertiary/aromatic N) is 2. The highest BCUT2D eigenvalue weighted by atomic mass is 127. The van der Waals surface area contributed by atoms with Crippen LogP contribution in [0.1, 0.15) is 46.0 Å². The number of hydrogen-bond acceptors (Lipinski definition) is 3. The molecular formula is C22H26FIN4O2. The van der Waals surface area contributed by atoms with Crippen molar-refractivity contribution in [2.24, 2.45) is 4.99 Å². The number of imide groups is 1. The molecule has 0 atom stereocenters. The predicted octanol–water partition coefficient (Wildman–Crippen LogP) is 3.58. The molecule has 2 N–H and O–H groups in total. The quantitative estimate of drug-likeness (QED) is 0.182. The summed E-state index contributed by atoms with van der Waals surface area (Å²) in [5.74, 6) is -0.110. The fraction of sp³-hybridized carbons (Fsp3) is 0.318. The van der Waals surface area contributed by atoms with Gasteiger partial charge in [0.25, 0.3) is 11.8 Å². The molecule has 0 aliphatic carbocycles. The number of aliphatic imine (C=N–C) groups is 1. The lowest BCUT2D eigenvalue weighted by molar-refractivity contribution is 0.0652. The van der Waals surface area contributed by atoms with Crippen molar-refractivity contribution >= 4 is 41.8 Å². The van der Waals surface area contributed by atoms with E-state index in [1.165, 1.54) is 11.0 Å². The van der Waals surface area contributed by atoms with E-state index in [2.05, 4.69) is 15.6 Å². The first-order valence-electron chi connectivity index (χ1n) is 9.82. The van der Waals surface area contributed by atoms with Crippen molar-refractivity contribution in [1.82, 2.24) is 15.5 Å². The smallest absolute Gasteiger partial charge is 0.261 e. The van der Waals surface area contributed by atoms with E-state index in [4.69, 9.17) is 0 Å². The van der Waals surface area contributed by atoms with E-state index in [0.29, 0.717) is 48.7 Å². The molecule has 3 rings (SSSR count). The van der Waals surface area contributed by atoms with Crippen LogP contribution in [-0.2, 0) is 6.54 Å². The van der Waals surface area contributed by atoms with Crippen LogP contribution in [0.4, 0.5) is 4.39 Å². The second-order valence-electron chi connectivity index (χ2n) is 6.73. The van der Waals surface area contributed by atoms with E-state index in [9.17, 15) is 14.0 Å². The molecule has 0 aromatic heterocycles. The molecule has 1 heterocycles. The summed E-state index contributed by atoms with van der Waals surface area (Å²) in [7, 11) is 0. The van der Waals surface area contributed by atoms with Crippen molar-refractivity contribution in [2.45, 2.75) is 26.3 Å². The number of rotatable bonds is 8. The Balaban J connectivity index is 0.00000320. The molecule has 0 fully saturated rings. The van der Waals surface area contributed by atoms with Gasteiger partial charge in [-0.05, 0) is 38.0 Å². The van der Waals surface area contributed by atoms with Gasteiger partial charge in [-0.15, -0.1) is 24.0 Å². The Kier molecular flexibility index (Phi) is 9.22. The third-order valence-corrected chi connectivity index (χ3v) is 4.69. The monoisotopic (exact) mass is 524 g/mol. The van der Waals surface area contributed by atoms with Gasteiger partial charge >= 0.3 is 0 Å². The molecule has 8 heteroatoms. The maximum atomic E-state index is 13.7. The topological polar surface area (TPSA) is 73.8 Å². The highest BCUT2D eigenvalue weighted by Gasteiger charge is 2.34. The van der Waals surface area contributed by atoms with Crippen LogP contribution in [0.25, 0.3) is 0 Å². The number of unbranched alkanes of at least 4 members (excludes halogenated alkanes) is 1. The van der Waals surface area contributed by atoms with Crippen LogP contribution in [0, 0.1) is 5.82 Å². The largest absolute Gasteiger partial charge is 0.357 e. The first-order valence-corrected chi connectivity index (χ1v) is 9.82. The normalized spacial score (nSPS) is 13.1. The van der Waals surface area contributed by atoms with Gasteiger partial charge < -0.3 is 10.6 Å². The lowest BCUT2D eigenvalue weighted by Gasteiger charge is -2.14. The van der Waals surface area contributed by atoms with Crippen LogP contribution in [-0.4, -0.2) is 42.3 Å². The number of amides is 2. The minimum absolute atomic E-state index is 0. The standard InChI is InChI=1S/C22H25FN4O2.HI/c1-2-24-22(26-15-16-9-3-6-12-19(16)23)25-13-7-8-14-27-20(28)17-10-4-5-11-18(17)21(27)29;/h3-6,9-12H,2,7-8,13-15H2,1H3,(H2,24,25,26);1H. The van der Waals surface area contributed by atoms with Crippen LogP contribution in [0.15, 0.2) is 53.5 Å². The van der Waals surface area contributed by atoms with Gasteiger partial charge in [-0.2, -0.15) is 0 Å². The lowest BCUT2D eigenvalue weighted by Crippen LogP contribution is -2.38. The van der Waals surface area contributed by atoms with Gasteiger partial charge in [0.15, 0.2) is 5.96 Å². The van der Waals surface area contributed by atoms with Crippen molar-refractivity contribution in [3.05, 3.63) is 71.0 Å². The van der Waals surface area contributed by atoms with Crippen LogP contribution in [0.5, 0.6) is 0 Å². The predicted molar refractivity (Wildman–Crippen MR) is 126 cm³/mol. The molecule has 1 aliphatic heterocycles. The lowest BCUT2D eigenvalue weighted by atomic mass is 10.1.